The zero-order valence-corrected chi connectivity index (χ0v) is 25.1. The molecule has 43 heavy (non-hydrogen) atoms. The Morgan fingerprint density at radius 2 is 1.67 bits per heavy atom. The quantitative estimate of drug-likeness (QED) is 0.311. The van der Waals surface area contributed by atoms with Crippen molar-refractivity contribution >= 4 is 38.6 Å². The number of anilines is 1. The van der Waals surface area contributed by atoms with E-state index in [4.69, 9.17) is 0 Å². The Hall–Kier alpha value is -4.03. The molecule has 4 aromatic rings. The Balaban J connectivity index is 1.40. The number of rotatable bonds is 9. The van der Waals surface area contributed by atoms with Crippen molar-refractivity contribution in [2.45, 2.75) is 68.5 Å². The van der Waals surface area contributed by atoms with Crippen LogP contribution in [0.15, 0.2) is 71.8 Å². The van der Waals surface area contributed by atoms with Crippen LogP contribution in [0.3, 0.4) is 0 Å². The number of para-hydroxylation sites is 1. The maximum absolute atomic E-state index is 14.3. The Kier molecular flexibility index (Phi) is 8.31. The molecule has 226 valence electrons. The van der Waals surface area contributed by atoms with E-state index in [2.05, 4.69) is 15.6 Å². The number of sulfonamides is 1. The van der Waals surface area contributed by atoms with Gasteiger partial charge in [-0.05, 0) is 74.2 Å². The zero-order chi connectivity index (χ0) is 30.0. The standard InChI is InChI=1S/C31H37N7O4S/c1-35-19-9-14-28(35)30(31(40)32-23-10-3-2-4-11-23)38(29(39)22-37-27-13-6-5-12-26(27)33-34-37)24-15-17-25(18-16-24)43(41,42)36-20-7-8-21-36/h5-6,9,12-19,23,30H,2-4,7-8,10-11,20-22H2,1H3,(H,32,40). The van der Waals surface area contributed by atoms with Gasteiger partial charge in [-0.1, -0.05) is 36.6 Å². The van der Waals surface area contributed by atoms with Gasteiger partial charge in [0.25, 0.3) is 0 Å². The molecule has 2 fully saturated rings. The second kappa shape index (κ2) is 12.3. The van der Waals surface area contributed by atoms with E-state index in [1.54, 1.807) is 12.1 Å². The molecule has 2 amide bonds. The van der Waals surface area contributed by atoms with Crippen LogP contribution in [0.25, 0.3) is 11.0 Å². The number of aryl methyl sites for hydroxylation is 1. The van der Waals surface area contributed by atoms with Crippen LogP contribution < -0.4 is 10.2 Å². The molecule has 0 spiro atoms. The minimum absolute atomic E-state index is 0.0354. The number of amides is 2. The van der Waals surface area contributed by atoms with Gasteiger partial charge in [-0.3, -0.25) is 14.5 Å². The fraction of sp³-hybridized carbons (Fsp3) is 0.419. The minimum atomic E-state index is -3.65. The summed E-state index contributed by atoms with van der Waals surface area (Å²) in [4.78, 5) is 30.1. The minimum Gasteiger partial charge on any atom is -0.352 e. The van der Waals surface area contributed by atoms with Gasteiger partial charge in [-0.2, -0.15) is 4.31 Å². The maximum atomic E-state index is 14.3. The monoisotopic (exact) mass is 603 g/mol. The lowest BCUT2D eigenvalue weighted by atomic mass is 9.95. The third kappa shape index (κ3) is 5.94. The predicted molar refractivity (Wildman–Crippen MR) is 163 cm³/mol. The summed E-state index contributed by atoms with van der Waals surface area (Å²) in [5.74, 6) is -0.657. The molecule has 1 N–H and O–H groups in total. The molecule has 2 aliphatic rings. The summed E-state index contributed by atoms with van der Waals surface area (Å²) in [5.41, 5.74) is 2.41. The van der Waals surface area contributed by atoms with E-state index < -0.39 is 16.1 Å². The lowest BCUT2D eigenvalue weighted by Crippen LogP contribution is -2.48. The molecule has 2 aromatic heterocycles. The third-order valence-electron chi connectivity index (χ3n) is 8.51. The largest absolute Gasteiger partial charge is 0.352 e. The van der Waals surface area contributed by atoms with E-state index in [0.717, 1.165) is 44.9 Å². The number of nitrogens with zero attached hydrogens (tertiary/aromatic N) is 6. The SMILES string of the molecule is Cn1cccc1C(C(=O)NC1CCCCC1)N(C(=O)Cn1nnc2ccccc21)c1ccc(S(=O)(=O)N2CCCC2)cc1. The Morgan fingerprint density at radius 1 is 0.953 bits per heavy atom. The highest BCUT2D eigenvalue weighted by atomic mass is 32.2. The van der Waals surface area contributed by atoms with Gasteiger partial charge in [-0.15, -0.1) is 5.10 Å². The number of carbonyl (C=O) groups excluding carboxylic acids is 2. The van der Waals surface area contributed by atoms with Crippen LogP contribution in [-0.2, 0) is 33.2 Å². The highest BCUT2D eigenvalue weighted by Gasteiger charge is 2.36. The van der Waals surface area contributed by atoms with Crippen molar-refractivity contribution in [3.05, 3.63) is 72.6 Å². The van der Waals surface area contributed by atoms with Gasteiger partial charge >= 0.3 is 0 Å². The van der Waals surface area contributed by atoms with E-state index in [9.17, 15) is 18.0 Å². The zero-order valence-electron chi connectivity index (χ0n) is 24.3. The maximum Gasteiger partial charge on any atom is 0.249 e. The molecular weight excluding hydrogens is 566 g/mol. The third-order valence-corrected chi connectivity index (χ3v) is 10.4. The smallest absolute Gasteiger partial charge is 0.249 e. The molecule has 1 unspecified atom stereocenters. The highest BCUT2D eigenvalue weighted by molar-refractivity contribution is 7.89. The first-order valence-corrected chi connectivity index (χ1v) is 16.4. The second-order valence-electron chi connectivity index (χ2n) is 11.4. The summed E-state index contributed by atoms with van der Waals surface area (Å²) >= 11 is 0. The fourth-order valence-electron chi connectivity index (χ4n) is 6.20. The highest BCUT2D eigenvalue weighted by Crippen LogP contribution is 2.31. The van der Waals surface area contributed by atoms with E-state index in [1.807, 2.05) is 54.2 Å². The molecular formula is C31H37N7O4S. The molecule has 3 heterocycles. The van der Waals surface area contributed by atoms with Crippen molar-refractivity contribution in [1.29, 1.82) is 0 Å². The molecule has 1 saturated carbocycles. The Labute approximate surface area is 251 Å². The van der Waals surface area contributed by atoms with Gasteiger partial charge < -0.3 is 9.88 Å². The average Bonchev–Trinajstić information content (AvgIpc) is 3.79. The van der Waals surface area contributed by atoms with Crippen LogP contribution >= 0.6 is 0 Å². The predicted octanol–water partition coefficient (Wildman–Crippen LogP) is 3.78. The van der Waals surface area contributed by atoms with Gasteiger partial charge in [-0.25, -0.2) is 13.1 Å². The lowest BCUT2D eigenvalue weighted by Gasteiger charge is -2.33. The van der Waals surface area contributed by atoms with Gasteiger partial charge in [0.05, 0.1) is 16.1 Å². The van der Waals surface area contributed by atoms with Gasteiger partial charge in [0.1, 0.15) is 12.1 Å². The Bertz CT molecular complexity index is 1700. The van der Waals surface area contributed by atoms with Crippen molar-refractivity contribution in [2.24, 2.45) is 7.05 Å². The molecule has 0 radical (unpaired) electrons. The molecule has 12 heteroatoms. The average molecular weight is 604 g/mol. The topological polar surface area (TPSA) is 122 Å². The number of benzene rings is 2. The van der Waals surface area contributed by atoms with Crippen LogP contribution in [0.2, 0.25) is 0 Å². The summed E-state index contributed by atoms with van der Waals surface area (Å²) in [6.07, 6.45) is 8.56. The van der Waals surface area contributed by atoms with Crippen LogP contribution in [-0.4, -0.2) is 63.2 Å². The van der Waals surface area contributed by atoms with Gasteiger partial charge in [0, 0.05) is 38.1 Å². The summed E-state index contributed by atoms with van der Waals surface area (Å²) in [6, 6.07) is 16.4. The van der Waals surface area contributed by atoms with Crippen molar-refractivity contribution in [1.82, 2.24) is 29.2 Å². The molecule has 2 aromatic carbocycles. The Morgan fingerprint density at radius 3 is 2.37 bits per heavy atom. The van der Waals surface area contributed by atoms with E-state index in [1.165, 1.54) is 26.0 Å². The number of hydrogen-bond donors (Lipinski definition) is 1. The first-order valence-electron chi connectivity index (χ1n) is 14.9. The number of aromatic nitrogens is 4. The van der Waals surface area contributed by atoms with Crippen LogP contribution in [0.1, 0.15) is 56.7 Å². The molecule has 6 rings (SSSR count). The first-order chi connectivity index (χ1) is 20.8. The summed E-state index contributed by atoms with van der Waals surface area (Å²) in [5, 5.41) is 11.6. The molecule has 1 aliphatic carbocycles. The van der Waals surface area contributed by atoms with Crippen LogP contribution in [0, 0.1) is 0 Å². The van der Waals surface area contributed by atoms with Crippen molar-refractivity contribution in [2.75, 3.05) is 18.0 Å². The van der Waals surface area contributed by atoms with Crippen molar-refractivity contribution < 1.29 is 18.0 Å². The summed E-state index contributed by atoms with van der Waals surface area (Å²) < 4.78 is 31.3. The van der Waals surface area contributed by atoms with Crippen LogP contribution in [0.5, 0.6) is 0 Å². The lowest BCUT2D eigenvalue weighted by molar-refractivity contribution is -0.127. The normalized spacial score (nSPS) is 17.2. The first kappa shape index (κ1) is 29.1. The number of carbonyl (C=O) groups is 2. The summed E-state index contributed by atoms with van der Waals surface area (Å²) in [6.45, 7) is 0.834. The van der Waals surface area contributed by atoms with Gasteiger partial charge in [0.15, 0.2) is 6.04 Å². The number of nitrogens with one attached hydrogen (secondary N) is 1. The van der Waals surface area contributed by atoms with E-state index >= 15 is 0 Å². The number of fused-ring (bicyclic) bond motifs is 1. The number of hydrogen-bond acceptors (Lipinski definition) is 6. The molecule has 0 bridgehead atoms. The van der Waals surface area contributed by atoms with Crippen LogP contribution in [0.4, 0.5) is 5.69 Å². The second-order valence-corrected chi connectivity index (χ2v) is 13.3. The van der Waals surface area contributed by atoms with Crippen molar-refractivity contribution in [3.63, 3.8) is 0 Å². The van der Waals surface area contributed by atoms with Crippen molar-refractivity contribution in [3.8, 4) is 0 Å². The molecule has 11 nitrogen and oxygen atoms in total. The van der Waals surface area contributed by atoms with E-state index in [-0.39, 0.29) is 29.3 Å². The molecule has 1 aliphatic heterocycles. The van der Waals surface area contributed by atoms with E-state index in [0.29, 0.717) is 35.5 Å². The summed E-state index contributed by atoms with van der Waals surface area (Å²) in [7, 11) is -1.81. The van der Waals surface area contributed by atoms with Gasteiger partial charge in [0.2, 0.25) is 21.8 Å². The molecule has 1 atom stereocenters. The molecule has 1 saturated heterocycles. The fourth-order valence-corrected chi connectivity index (χ4v) is 7.72.